The molecule has 0 spiro atoms. The van der Waals surface area contributed by atoms with Crippen molar-refractivity contribution in [2.24, 2.45) is 5.92 Å². The van der Waals surface area contributed by atoms with Crippen LogP contribution in [0.2, 0.25) is 0 Å². The predicted octanol–water partition coefficient (Wildman–Crippen LogP) is 2.07. The highest BCUT2D eigenvalue weighted by atomic mass is 32.2. The van der Waals surface area contributed by atoms with E-state index in [0.29, 0.717) is 16.6 Å². The van der Waals surface area contributed by atoms with Gasteiger partial charge in [-0.15, -0.1) is 0 Å². The maximum absolute atomic E-state index is 12.4. The van der Waals surface area contributed by atoms with Crippen LogP contribution in [0.3, 0.4) is 0 Å². The number of nitrogens with one attached hydrogen (secondary N) is 1. The first-order valence-corrected chi connectivity index (χ1v) is 7.87. The number of nitrogens with zero attached hydrogens (tertiary/aromatic N) is 1. The summed E-state index contributed by atoms with van der Waals surface area (Å²) >= 11 is 1.93. The molecule has 3 nitrogen and oxygen atoms in total. The second kappa shape index (κ2) is 4.81. The summed E-state index contributed by atoms with van der Waals surface area (Å²) in [6.07, 6.45) is 5.95. The van der Waals surface area contributed by atoms with Gasteiger partial charge in [-0.2, -0.15) is 11.8 Å². The van der Waals surface area contributed by atoms with Gasteiger partial charge < -0.3 is 4.90 Å². The van der Waals surface area contributed by atoms with Crippen LogP contribution in [-0.4, -0.2) is 40.6 Å². The van der Waals surface area contributed by atoms with Crippen LogP contribution in [0.15, 0.2) is 0 Å². The first kappa shape index (κ1) is 13.2. The minimum atomic E-state index is 0.0256. The summed E-state index contributed by atoms with van der Waals surface area (Å²) in [6, 6.07) is 0.0256. The van der Waals surface area contributed by atoms with Gasteiger partial charge in [0.25, 0.3) is 0 Å². The van der Waals surface area contributed by atoms with Crippen LogP contribution >= 0.6 is 11.8 Å². The highest BCUT2D eigenvalue weighted by molar-refractivity contribution is 8.00. The van der Waals surface area contributed by atoms with Crippen LogP contribution in [0.1, 0.15) is 40.0 Å². The van der Waals surface area contributed by atoms with Crippen molar-refractivity contribution in [1.29, 1.82) is 0 Å². The number of carbonyl (C=O) groups excluding carboxylic acids is 1. The zero-order valence-electron chi connectivity index (χ0n) is 11.3. The van der Waals surface area contributed by atoms with Crippen molar-refractivity contribution < 1.29 is 4.79 Å². The van der Waals surface area contributed by atoms with Gasteiger partial charge in [0.1, 0.15) is 0 Å². The third-order valence-corrected chi connectivity index (χ3v) is 5.45. The Morgan fingerprint density at radius 3 is 2.59 bits per heavy atom. The summed E-state index contributed by atoms with van der Waals surface area (Å²) in [6.45, 7) is 7.32. The third kappa shape index (κ3) is 2.48. The summed E-state index contributed by atoms with van der Waals surface area (Å²) in [5.41, 5.74) is 0. The predicted molar refractivity (Wildman–Crippen MR) is 73.0 cm³/mol. The Labute approximate surface area is 109 Å². The highest BCUT2D eigenvalue weighted by Gasteiger charge is 2.48. The maximum Gasteiger partial charge on any atom is 0.241 e. The van der Waals surface area contributed by atoms with E-state index in [1.165, 1.54) is 12.8 Å². The van der Waals surface area contributed by atoms with Gasteiger partial charge in [-0.3, -0.25) is 10.1 Å². The van der Waals surface area contributed by atoms with Crippen molar-refractivity contribution >= 4 is 17.7 Å². The monoisotopic (exact) mass is 256 g/mol. The second-order valence-corrected chi connectivity index (χ2v) is 6.94. The van der Waals surface area contributed by atoms with E-state index in [9.17, 15) is 4.79 Å². The molecule has 1 saturated heterocycles. The lowest BCUT2D eigenvalue weighted by Crippen LogP contribution is -2.41. The maximum atomic E-state index is 12.4. The van der Waals surface area contributed by atoms with Crippen LogP contribution in [0.4, 0.5) is 0 Å². The van der Waals surface area contributed by atoms with Crippen LogP contribution in [0.25, 0.3) is 0 Å². The minimum Gasteiger partial charge on any atom is -0.324 e. The van der Waals surface area contributed by atoms with E-state index in [4.69, 9.17) is 0 Å². The van der Waals surface area contributed by atoms with Gasteiger partial charge in [0.05, 0.1) is 12.2 Å². The molecule has 1 amide bonds. The summed E-state index contributed by atoms with van der Waals surface area (Å²) in [7, 11) is 0. The topological polar surface area (TPSA) is 32.3 Å². The lowest BCUT2D eigenvalue weighted by atomic mass is 10.1. The molecule has 0 aromatic rings. The molecule has 2 rings (SSSR count). The molecule has 0 bridgehead atoms. The molecule has 0 aromatic carbocycles. The first-order valence-electron chi connectivity index (χ1n) is 6.64. The Bertz CT molecular complexity index is 302. The number of thioether (sulfide) groups is 1. The Balaban J connectivity index is 2.06. The molecular formula is C13H24N2OS. The number of carbonyl (C=O) groups is 1. The SMILES string of the molecule is CCC1NC(C(C)C)C(=O)N1CC1(SC)CC1. The highest BCUT2D eigenvalue weighted by Crippen LogP contribution is 2.48. The molecule has 1 heterocycles. The van der Waals surface area contributed by atoms with Crippen LogP contribution in [0, 0.1) is 5.92 Å². The summed E-state index contributed by atoms with van der Waals surface area (Å²) < 4.78 is 0.372. The summed E-state index contributed by atoms with van der Waals surface area (Å²) in [5, 5.41) is 3.48. The van der Waals surface area contributed by atoms with Crippen molar-refractivity contribution in [2.45, 2.75) is 57.0 Å². The van der Waals surface area contributed by atoms with Gasteiger partial charge in [-0.05, 0) is 31.4 Å². The van der Waals surface area contributed by atoms with Crippen LogP contribution < -0.4 is 5.32 Å². The molecule has 4 heteroatoms. The van der Waals surface area contributed by atoms with E-state index in [-0.39, 0.29) is 12.2 Å². The standard InChI is InChI=1S/C13H24N2OS/c1-5-10-14-11(9(2)3)12(16)15(10)8-13(17-4)6-7-13/h9-11,14H,5-8H2,1-4H3. The molecule has 2 fully saturated rings. The second-order valence-electron chi connectivity index (χ2n) is 5.67. The molecule has 0 radical (unpaired) electrons. The van der Waals surface area contributed by atoms with Gasteiger partial charge in [0.15, 0.2) is 0 Å². The lowest BCUT2D eigenvalue weighted by Gasteiger charge is -2.27. The molecule has 1 saturated carbocycles. The van der Waals surface area contributed by atoms with E-state index >= 15 is 0 Å². The van der Waals surface area contributed by atoms with E-state index in [0.717, 1.165) is 13.0 Å². The average Bonchev–Trinajstić information content (AvgIpc) is 3.00. The Morgan fingerprint density at radius 2 is 2.18 bits per heavy atom. The van der Waals surface area contributed by atoms with Gasteiger partial charge in [-0.1, -0.05) is 20.8 Å². The lowest BCUT2D eigenvalue weighted by molar-refractivity contribution is -0.130. The molecule has 1 aliphatic heterocycles. The molecule has 17 heavy (non-hydrogen) atoms. The Morgan fingerprint density at radius 1 is 1.53 bits per heavy atom. The van der Waals surface area contributed by atoms with Crippen LogP contribution in [0.5, 0.6) is 0 Å². The zero-order valence-corrected chi connectivity index (χ0v) is 12.1. The first-order chi connectivity index (χ1) is 8.03. The normalized spacial score (nSPS) is 31.4. The quantitative estimate of drug-likeness (QED) is 0.817. The molecule has 2 aliphatic rings. The number of amides is 1. The van der Waals surface area contributed by atoms with E-state index < -0.39 is 0 Å². The van der Waals surface area contributed by atoms with Crippen molar-refractivity contribution in [2.75, 3.05) is 12.8 Å². The molecule has 2 atom stereocenters. The molecule has 98 valence electrons. The molecule has 1 aliphatic carbocycles. The molecule has 0 aromatic heterocycles. The van der Waals surface area contributed by atoms with E-state index in [1.54, 1.807) is 0 Å². The summed E-state index contributed by atoms with van der Waals surface area (Å²) in [5.74, 6) is 0.693. The minimum absolute atomic E-state index is 0.0256. The van der Waals surface area contributed by atoms with Crippen molar-refractivity contribution in [1.82, 2.24) is 10.2 Å². The van der Waals surface area contributed by atoms with Crippen molar-refractivity contribution in [3.63, 3.8) is 0 Å². The summed E-state index contributed by atoms with van der Waals surface area (Å²) in [4.78, 5) is 14.5. The Kier molecular flexibility index (Phi) is 3.74. The smallest absolute Gasteiger partial charge is 0.241 e. The van der Waals surface area contributed by atoms with E-state index in [2.05, 4.69) is 37.2 Å². The fraction of sp³-hybridized carbons (Fsp3) is 0.923. The third-order valence-electron chi connectivity index (χ3n) is 4.05. The molecule has 1 N–H and O–H groups in total. The molecular weight excluding hydrogens is 232 g/mol. The zero-order chi connectivity index (χ0) is 12.6. The van der Waals surface area contributed by atoms with Gasteiger partial charge in [-0.25, -0.2) is 0 Å². The van der Waals surface area contributed by atoms with E-state index in [1.807, 2.05) is 11.8 Å². The number of hydrogen-bond donors (Lipinski definition) is 1. The van der Waals surface area contributed by atoms with Gasteiger partial charge in [0.2, 0.25) is 5.91 Å². The largest absolute Gasteiger partial charge is 0.324 e. The van der Waals surface area contributed by atoms with Crippen molar-refractivity contribution in [3.05, 3.63) is 0 Å². The van der Waals surface area contributed by atoms with Crippen LogP contribution in [-0.2, 0) is 4.79 Å². The van der Waals surface area contributed by atoms with Gasteiger partial charge >= 0.3 is 0 Å². The molecule has 2 unspecified atom stereocenters. The van der Waals surface area contributed by atoms with Crippen molar-refractivity contribution in [3.8, 4) is 0 Å². The fourth-order valence-corrected chi connectivity index (χ4v) is 3.36. The average molecular weight is 256 g/mol. The fourth-order valence-electron chi connectivity index (χ4n) is 2.58. The number of rotatable bonds is 5. The Hall–Kier alpha value is -0.220. The number of hydrogen-bond acceptors (Lipinski definition) is 3. The van der Waals surface area contributed by atoms with Gasteiger partial charge in [0, 0.05) is 11.3 Å².